The van der Waals surface area contributed by atoms with Gasteiger partial charge in [0.25, 0.3) is 0 Å². The Morgan fingerprint density at radius 2 is 0.893 bits per heavy atom. The van der Waals surface area contributed by atoms with Crippen LogP contribution in [0.15, 0.2) is 30.3 Å². The average molecular weight is 390 g/mol. The van der Waals surface area contributed by atoms with Gasteiger partial charge in [-0.1, -0.05) is 120 Å². The fourth-order valence-electron chi connectivity index (χ4n) is 3.97. The Hall–Kier alpha value is -0.860. The highest BCUT2D eigenvalue weighted by Crippen LogP contribution is 2.13. The Kier molecular flexibility index (Phi) is 18.8. The van der Waals surface area contributed by atoms with Crippen LogP contribution < -0.4 is 11.1 Å². The van der Waals surface area contributed by atoms with Crippen molar-refractivity contribution in [1.29, 1.82) is 0 Å². The van der Waals surface area contributed by atoms with Crippen molar-refractivity contribution >= 4 is 0 Å². The molecule has 0 saturated carbocycles. The lowest BCUT2D eigenvalue weighted by Crippen LogP contribution is -2.82. The molecule has 0 amide bonds. The molecule has 0 aliphatic rings. The fourth-order valence-corrected chi connectivity index (χ4v) is 3.97. The van der Waals surface area contributed by atoms with E-state index < -0.39 is 0 Å². The van der Waals surface area contributed by atoms with Crippen molar-refractivity contribution in [3.05, 3.63) is 35.9 Å². The summed E-state index contributed by atoms with van der Waals surface area (Å²) in [6.07, 6.45) is 24.1. The Morgan fingerprint density at radius 3 is 1.32 bits per heavy atom. The summed E-state index contributed by atoms with van der Waals surface area (Å²) in [7, 11) is 0. The molecule has 0 radical (unpaired) electrons. The van der Waals surface area contributed by atoms with Gasteiger partial charge in [-0.2, -0.15) is 0 Å². The maximum absolute atomic E-state index is 5.52. The van der Waals surface area contributed by atoms with Gasteiger partial charge in [-0.3, -0.25) is 0 Å². The summed E-state index contributed by atoms with van der Waals surface area (Å²) in [5.41, 5.74) is 6.97. The van der Waals surface area contributed by atoms with E-state index in [-0.39, 0.29) is 0 Å². The molecule has 0 unspecified atom stereocenters. The number of rotatable bonds is 21. The molecule has 0 bridgehead atoms. The molecule has 1 rings (SSSR count). The predicted octanol–water partition coefficient (Wildman–Crippen LogP) is 6.34. The zero-order chi connectivity index (χ0) is 20.0. The Balaban J connectivity index is 1.67. The Labute approximate surface area is 176 Å². The van der Waals surface area contributed by atoms with Gasteiger partial charge in [0, 0.05) is 5.56 Å². The first-order valence-corrected chi connectivity index (χ1v) is 12.5. The minimum atomic E-state index is 0.869. The standard InChI is InChI=1S/C26H48N2/c27-23-19-14-12-10-8-6-4-2-1-3-5-7-9-11-13-15-20-24-28-25-26-21-17-16-18-22-26/h16-18,21-22,28H,1-15,19-20,23-25,27H2/p+1. The molecule has 0 heterocycles. The number of benzene rings is 1. The topological polar surface area (TPSA) is 42.6 Å². The highest BCUT2D eigenvalue weighted by atomic mass is 14.8. The number of hydrogen-bond acceptors (Lipinski definition) is 1. The third-order valence-corrected chi connectivity index (χ3v) is 5.84. The van der Waals surface area contributed by atoms with Gasteiger partial charge in [0.2, 0.25) is 0 Å². The molecule has 4 N–H and O–H groups in total. The van der Waals surface area contributed by atoms with Gasteiger partial charge in [0.05, 0.1) is 6.54 Å². The van der Waals surface area contributed by atoms with E-state index in [4.69, 9.17) is 5.73 Å². The Bertz CT molecular complexity index is 404. The normalized spacial score (nSPS) is 11.2. The van der Waals surface area contributed by atoms with E-state index in [2.05, 4.69) is 35.6 Å². The fraction of sp³-hybridized carbons (Fsp3) is 0.769. The molecule has 1 aromatic rings. The van der Waals surface area contributed by atoms with E-state index in [0.717, 1.165) is 13.1 Å². The van der Waals surface area contributed by atoms with E-state index in [1.54, 1.807) is 0 Å². The van der Waals surface area contributed by atoms with Gasteiger partial charge in [-0.15, -0.1) is 0 Å². The summed E-state index contributed by atoms with van der Waals surface area (Å²) >= 11 is 0. The summed E-state index contributed by atoms with van der Waals surface area (Å²) in [5, 5.41) is 2.46. The van der Waals surface area contributed by atoms with Crippen LogP contribution in [0, 0.1) is 0 Å². The van der Waals surface area contributed by atoms with E-state index >= 15 is 0 Å². The van der Waals surface area contributed by atoms with Gasteiger partial charge in [-0.05, 0) is 25.8 Å². The SMILES string of the molecule is NCCCCCCCCCCCCCCCCCCC[NH2+]Cc1ccccc1. The van der Waals surface area contributed by atoms with Crippen LogP contribution in [-0.2, 0) is 6.54 Å². The molecule has 0 saturated heterocycles. The summed E-state index contributed by atoms with van der Waals surface area (Å²) in [6, 6.07) is 10.8. The number of hydrogen-bond donors (Lipinski definition) is 2. The third kappa shape index (κ3) is 17.3. The van der Waals surface area contributed by atoms with Crippen LogP contribution in [0.5, 0.6) is 0 Å². The molecular formula is C26H49N2+. The van der Waals surface area contributed by atoms with Gasteiger partial charge in [-0.25, -0.2) is 0 Å². The summed E-state index contributed by atoms with van der Waals surface area (Å²) in [4.78, 5) is 0. The first kappa shape index (κ1) is 25.2. The van der Waals surface area contributed by atoms with Gasteiger partial charge >= 0.3 is 0 Å². The molecule has 0 aliphatic carbocycles. The lowest BCUT2D eigenvalue weighted by atomic mass is 10.0. The molecule has 0 aliphatic heterocycles. The second-order valence-corrected chi connectivity index (χ2v) is 8.57. The number of unbranched alkanes of at least 4 members (excludes halogenated alkanes) is 16. The van der Waals surface area contributed by atoms with Crippen LogP contribution in [0.2, 0.25) is 0 Å². The van der Waals surface area contributed by atoms with Gasteiger partial charge < -0.3 is 11.1 Å². The smallest absolute Gasteiger partial charge is 0.101 e. The van der Waals surface area contributed by atoms with Crippen molar-refractivity contribution in [3.63, 3.8) is 0 Å². The van der Waals surface area contributed by atoms with E-state index in [1.807, 2.05) is 0 Å². The predicted molar refractivity (Wildman–Crippen MR) is 124 cm³/mol. The monoisotopic (exact) mass is 389 g/mol. The molecule has 0 fully saturated rings. The van der Waals surface area contributed by atoms with Crippen molar-refractivity contribution in [1.82, 2.24) is 0 Å². The maximum Gasteiger partial charge on any atom is 0.101 e. The van der Waals surface area contributed by atoms with Gasteiger partial charge in [0.15, 0.2) is 0 Å². The van der Waals surface area contributed by atoms with Crippen molar-refractivity contribution in [2.75, 3.05) is 13.1 Å². The van der Waals surface area contributed by atoms with Gasteiger partial charge in [0.1, 0.15) is 6.54 Å². The summed E-state index contributed by atoms with van der Waals surface area (Å²) in [6.45, 7) is 3.28. The molecule has 0 atom stereocenters. The third-order valence-electron chi connectivity index (χ3n) is 5.84. The molecule has 1 aromatic carbocycles. The number of nitrogens with two attached hydrogens (primary N) is 2. The van der Waals surface area contributed by atoms with Crippen LogP contribution in [0.4, 0.5) is 0 Å². The van der Waals surface area contributed by atoms with Crippen molar-refractivity contribution < 1.29 is 5.32 Å². The highest BCUT2D eigenvalue weighted by Gasteiger charge is 1.97. The van der Waals surface area contributed by atoms with Crippen molar-refractivity contribution in [2.45, 2.75) is 116 Å². The van der Waals surface area contributed by atoms with E-state index in [1.165, 1.54) is 121 Å². The van der Waals surface area contributed by atoms with E-state index in [9.17, 15) is 0 Å². The van der Waals surface area contributed by atoms with Crippen LogP contribution >= 0.6 is 0 Å². The lowest BCUT2D eigenvalue weighted by molar-refractivity contribution is -0.671. The van der Waals surface area contributed by atoms with Crippen LogP contribution in [0.3, 0.4) is 0 Å². The maximum atomic E-state index is 5.52. The molecular weight excluding hydrogens is 340 g/mol. The number of quaternary nitrogens is 1. The minimum absolute atomic E-state index is 0.869. The van der Waals surface area contributed by atoms with Crippen molar-refractivity contribution in [2.24, 2.45) is 5.73 Å². The summed E-state index contributed by atoms with van der Waals surface area (Å²) < 4.78 is 0. The van der Waals surface area contributed by atoms with Crippen molar-refractivity contribution in [3.8, 4) is 0 Å². The largest absolute Gasteiger partial charge is 0.343 e. The quantitative estimate of drug-likeness (QED) is 0.237. The van der Waals surface area contributed by atoms with Crippen LogP contribution in [0.1, 0.15) is 115 Å². The van der Waals surface area contributed by atoms with Crippen LogP contribution in [-0.4, -0.2) is 13.1 Å². The van der Waals surface area contributed by atoms with E-state index in [0.29, 0.717) is 0 Å². The second-order valence-electron chi connectivity index (χ2n) is 8.57. The lowest BCUT2D eigenvalue weighted by Gasteiger charge is -2.04. The zero-order valence-electron chi connectivity index (χ0n) is 18.7. The highest BCUT2D eigenvalue weighted by molar-refractivity contribution is 5.12. The first-order chi connectivity index (χ1) is 13.9. The van der Waals surface area contributed by atoms with Crippen LogP contribution in [0.25, 0.3) is 0 Å². The average Bonchev–Trinajstić information content (AvgIpc) is 2.73. The first-order valence-electron chi connectivity index (χ1n) is 12.5. The second kappa shape index (κ2) is 20.9. The molecule has 0 aromatic heterocycles. The summed E-state index contributed by atoms with van der Waals surface area (Å²) in [5.74, 6) is 0. The molecule has 2 nitrogen and oxygen atoms in total. The Morgan fingerprint density at radius 1 is 0.500 bits per heavy atom. The molecule has 162 valence electrons. The minimum Gasteiger partial charge on any atom is -0.343 e. The molecule has 28 heavy (non-hydrogen) atoms. The molecule has 2 heteroatoms. The zero-order valence-corrected chi connectivity index (χ0v) is 18.7. The molecule has 0 spiro atoms.